The van der Waals surface area contributed by atoms with Crippen molar-refractivity contribution in [1.29, 1.82) is 0 Å². The van der Waals surface area contributed by atoms with Gasteiger partial charge in [0, 0.05) is 6.08 Å². The zero-order chi connectivity index (χ0) is 10.3. The maximum absolute atomic E-state index is 12.0. The number of allylic oxidation sites excluding steroid dienone is 2. The van der Waals surface area contributed by atoms with E-state index in [1.165, 1.54) is 0 Å². The zero-order valence-corrected chi connectivity index (χ0v) is 7.23. The Morgan fingerprint density at radius 3 is 2.38 bits per heavy atom. The van der Waals surface area contributed by atoms with Gasteiger partial charge < -0.3 is 4.74 Å². The molecule has 0 aromatic heterocycles. The van der Waals surface area contributed by atoms with Gasteiger partial charge in [0.25, 0.3) is 0 Å². The molecule has 2 nitrogen and oxygen atoms in total. The highest BCUT2D eigenvalue weighted by Crippen LogP contribution is 2.33. The van der Waals surface area contributed by atoms with E-state index in [4.69, 9.17) is 0 Å². The minimum atomic E-state index is -4.56. The Hall–Kier alpha value is -1.00. The van der Waals surface area contributed by atoms with Gasteiger partial charge in [0.05, 0.1) is 5.41 Å². The molecule has 0 bridgehead atoms. The van der Waals surface area contributed by atoms with Crippen molar-refractivity contribution >= 4 is 5.78 Å². The fraction of sp³-hybridized carbons (Fsp3) is 0.625. The molecule has 0 amide bonds. The molecule has 13 heavy (non-hydrogen) atoms. The summed E-state index contributed by atoms with van der Waals surface area (Å²) in [6.45, 7) is 2.86. The molecule has 0 unspecified atom stereocenters. The summed E-state index contributed by atoms with van der Waals surface area (Å²) in [6.07, 6.45) is -4.05. The Morgan fingerprint density at radius 2 is 2.00 bits per heavy atom. The predicted octanol–water partition coefficient (Wildman–Crippen LogP) is 2.06. The normalized spacial score (nSPS) is 22.2. The summed E-state index contributed by atoms with van der Waals surface area (Å²) in [7, 11) is 0. The van der Waals surface area contributed by atoms with Crippen molar-refractivity contribution in [2.75, 3.05) is 6.61 Å². The van der Waals surface area contributed by atoms with Crippen LogP contribution in [0.3, 0.4) is 0 Å². The first-order valence-electron chi connectivity index (χ1n) is 3.69. The quantitative estimate of drug-likeness (QED) is 0.590. The van der Waals surface area contributed by atoms with Crippen LogP contribution in [0.4, 0.5) is 13.2 Å². The minimum Gasteiger partial charge on any atom is -0.488 e. The van der Waals surface area contributed by atoms with Gasteiger partial charge in [-0.25, -0.2) is 0 Å². The van der Waals surface area contributed by atoms with E-state index in [2.05, 4.69) is 4.74 Å². The van der Waals surface area contributed by atoms with Crippen LogP contribution in [0.25, 0.3) is 0 Å². The van der Waals surface area contributed by atoms with Crippen molar-refractivity contribution < 1.29 is 22.7 Å². The summed E-state index contributed by atoms with van der Waals surface area (Å²) in [5, 5.41) is 0. The first kappa shape index (κ1) is 10.1. The lowest BCUT2D eigenvalue weighted by molar-refractivity contribution is -0.150. The van der Waals surface area contributed by atoms with Crippen LogP contribution >= 0.6 is 0 Å². The lowest BCUT2D eigenvalue weighted by Gasteiger charge is -2.28. The van der Waals surface area contributed by atoms with Crippen molar-refractivity contribution in [3.63, 3.8) is 0 Å². The molecule has 74 valence electrons. The fourth-order valence-electron chi connectivity index (χ4n) is 0.849. The van der Waals surface area contributed by atoms with Crippen LogP contribution in [-0.4, -0.2) is 18.6 Å². The van der Waals surface area contributed by atoms with Gasteiger partial charge in [-0.15, -0.1) is 0 Å². The third-order valence-corrected chi connectivity index (χ3v) is 1.80. The van der Waals surface area contributed by atoms with E-state index >= 15 is 0 Å². The van der Waals surface area contributed by atoms with Gasteiger partial charge in [-0.05, 0) is 13.8 Å². The van der Waals surface area contributed by atoms with Crippen LogP contribution in [0.1, 0.15) is 13.8 Å². The van der Waals surface area contributed by atoms with Crippen LogP contribution < -0.4 is 0 Å². The zero-order valence-electron chi connectivity index (χ0n) is 7.23. The smallest absolute Gasteiger partial charge is 0.449 e. The van der Waals surface area contributed by atoms with Crippen LogP contribution in [0.15, 0.2) is 11.8 Å². The Bertz CT molecular complexity index is 263. The first-order chi connectivity index (χ1) is 5.73. The molecule has 0 saturated carbocycles. The monoisotopic (exact) mass is 194 g/mol. The van der Waals surface area contributed by atoms with E-state index in [9.17, 15) is 18.0 Å². The Morgan fingerprint density at radius 1 is 1.46 bits per heavy atom. The number of carbonyl (C=O) groups is 1. The number of ketones is 1. The minimum absolute atomic E-state index is 0.225. The summed E-state index contributed by atoms with van der Waals surface area (Å²) >= 11 is 0. The molecule has 1 heterocycles. The molecule has 1 aliphatic heterocycles. The highest BCUT2D eigenvalue weighted by Gasteiger charge is 2.42. The van der Waals surface area contributed by atoms with Gasteiger partial charge in [0.15, 0.2) is 5.78 Å². The van der Waals surface area contributed by atoms with Gasteiger partial charge >= 0.3 is 6.18 Å². The van der Waals surface area contributed by atoms with Gasteiger partial charge in [-0.3, -0.25) is 4.79 Å². The third kappa shape index (κ3) is 2.02. The third-order valence-electron chi connectivity index (χ3n) is 1.80. The van der Waals surface area contributed by atoms with Crippen LogP contribution in [0, 0.1) is 5.41 Å². The summed E-state index contributed by atoms with van der Waals surface area (Å²) in [5.41, 5.74) is -0.852. The van der Waals surface area contributed by atoms with Gasteiger partial charge in [0.1, 0.15) is 6.61 Å². The maximum Gasteiger partial charge on any atom is 0.449 e. The highest BCUT2D eigenvalue weighted by atomic mass is 19.4. The Kier molecular flexibility index (Phi) is 2.13. The number of halogens is 3. The van der Waals surface area contributed by atoms with Crippen molar-refractivity contribution in [1.82, 2.24) is 0 Å². The molecular weight excluding hydrogens is 185 g/mol. The van der Waals surface area contributed by atoms with E-state index in [-0.39, 0.29) is 6.61 Å². The predicted molar refractivity (Wildman–Crippen MR) is 38.9 cm³/mol. The molecule has 0 spiro atoms. The van der Waals surface area contributed by atoms with Crippen molar-refractivity contribution in [2.24, 2.45) is 5.41 Å². The molecule has 0 fully saturated rings. The van der Waals surface area contributed by atoms with Crippen LogP contribution in [-0.2, 0) is 9.53 Å². The van der Waals surface area contributed by atoms with E-state index in [1.54, 1.807) is 13.8 Å². The summed E-state index contributed by atoms with van der Waals surface area (Å²) < 4.78 is 40.5. The largest absolute Gasteiger partial charge is 0.488 e. The molecule has 1 aliphatic rings. The topological polar surface area (TPSA) is 26.3 Å². The fourth-order valence-corrected chi connectivity index (χ4v) is 0.849. The average Bonchev–Trinajstić information content (AvgIpc) is 1.92. The molecule has 0 aliphatic carbocycles. The van der Waals surface area contributed by atoms with Crippen molar-refractivity contribution in [3.8, 4) is 0 Å². The molecule has 0 aromatic rings. The second-order valence-corrected chi connectivity index (χ2v) is 3.54. The summed E-state index contributed by atoms with van der Waals surface area (Å²) in [5.74, 6) is -1.75. The molecule has 0 aromatic carbocycles. The number of hydrogen-bond acceptors (Lipinski definition) is 2. The lowest BCUT2D eigenvalue weighted by Crippen LogP contribution is -2.35. The number of carbonyl (C=O) groups excluding carboxylic acids is 1. The highest BCUT2D eigenvalue weighted by molar-refractivity contribution is 5.95. The van der Waals surface area contributed by atoms with Crippen LogP contribution in [0.5, 0.6) is 0 Å². The van der Waals surface area contributed by atoms with Crippen molar-refractivity contribution in [2.45, 2.75) is 20.0 Å². The summed E-state index contributed by atoms with van der Waals surface area (Å²) in [4.78, 5) is 11.1. The van der Waals surface area contributed by atoms with Gasteiger partial charge in [-0.1, -0.05) is 0 Å². The molecule has 0 N–H and O–H groups in total. The van der Waals surface area contributed by atoms with E-state index < -0.39 is 23.1 Å². The standard InChI is InChI=1S/C8H9F3O2/c1-7(2)4-13-6(3-5(7)12)8(9,10)11/h3H,4H2,1-2H3. The molecular formula is C8H9F3O2. The molecule has 5 heteroatoms. The molecule has 1 rings (SSSR count). The summed E-state index contributed by atoms with van der Waals surface area (Å²) in [6, 6.07) is 0. The van der Waals surface area contributed by atoms with Crippen LogP contribution in [0.2, 0.25) is 0 Å². The van der Waals surface area contributed by atoms with Crippen molar-refractivity contribution in [3.05, 3.63) is 11.8 Å². The Labute approximate surface area is 73.4 Å². The number of rotatable bonds is 0. The molecule has 0 saturated heterocycles. The van der Waals surface area contributed by atoms with Gasteiger partial charge in [-0.2, -0.15) is 13.2 Å². The van der Waals surface area contributed by atoms with E-state index in [0.717, 1.165) is 0 Å². The number of ether oxygens (including phenoxy) is 1. The second kappa shape index (κ2) is 2.75. The second-order valence-electron chi connectivity index (χ2n) is 3.54. The number of hydrogen-bond donors (Lipinski definition) is 0. The number of alkyl halides is 3. The molecule has 0 radical (unpaired) electrons. The van der Waals surface area contributed by atoms with E-state index in [1.807, 2.05) is 0 Å². The lowest BCUT2D eigenvalue weighted by atomic mass is 9.87. The van der Waals surface area contributed by atoms with E-state index in [0.29, 0.717) is 6.08 Å². The maximum atomic E-state index is 12.0. The van der Waals surface area contributed by atoms with Gasteiger partial charge in [0.2, 0.25) is 5.76 Å². The Balaban J connectivity index is 2.92. The average molecular weight is 194 g/mol. The first-order valence-corrected chi connectivity index (χ1v) is 3.69. The SMILES string of the molecule is CC1(C)COC(C(F)(F)F)=CC1=O. The molecule has 0 atom stereocenters.